The molecule has 2 aromatic carbocycles. The zero-order valence-electron chi connectivity index (χ0n) is 9.91. The SMILES string of the molecule is CC(CCl)C(=O)Nc1ccc2cc(Br)ccc2c1. The summed E-state index contributed by atoms with van der Waals surface area (Å²) in [6.45, 7) is 1.81. The minimum Gasteiger partial charge on any atom is -0.326 e. The van der Waals surface area contributed by atoms with E-state index in [9.17, 15) is 4.79 Å². The fourth-order valence-electron chi connectivity index (χ4n) is 1.63. The van der Waals surface area contributed by atoms with Gasteiger partial charge in [-0.05, 0) is 35.0 Å². The molecular weight excluding hydrogens is 314 g/mol. The molecule has 94 valence electrons. The van der Waals surface area contributed by atoms with Crippen molar-refractivity contribution in [2.24, 2.45) is 5.92 Å². The summed E-state index contributed by atoms with van der Waals surface area (Å²) in [6.07, 6.45) is 0. The van der Waals surface area contributed by atoms with Crippen LogP contribution in [0.25, 0.3) is 10.8 Å². The normalized spacial score (nSPS) is 12.4. The molecule has 0 aliphatic heterocycles. The van der Waals surface area contributed by atoms with Gasteiger partial charge in [-0.25, -0.2) is 0 Å². The Labute approximate surface area is 119 Å². The molecule has 2 nitrogen and oxygen atoms in total. The minimum atomic E-state index is -0.188. The predicted molar refractivity (Wildman–Crippen MR) is 80.2 cm³/mol. The van der Waals surface area contributed by atoms with E-state index < -0.39 is 0 Å². The zero-order valence-corrected chi connectivity index (χ0v) is 12.3. The molecule has 0 radical (unpaired) electrons. The van der Waals surface area contributed by atoms with E-state index in [0.29, 0.717) is 5.88 Å². The molecule has 1 amide bonds. The van der Waals surface area contributed by atoms with Crippen LogP contribution >= 0.6 is 27.5 Å². The Hall–Kier alpha value is -1.06. The van der Waals surface area contributed by atoms with Crippen LogP contribution in [0, 0.1) is 5.92 Å². The van der Waals surface area contributed by atoms with Crippen LogP contribution in [0.4, 0.5) is 5.69 Å². The van der Waals surface area contributed by atoms with Gasteiger partial charge in [-0.15, -0.1) is 11.6 Å². The van der Waals surface area contributed by atoms with Gasteiger partial charge in [-0.2, -0.15) is 0 Å². The van der Waals surface area contributed by atoms with Crippen LogP contribution < -0.4 is 5.32 Å². The van der Waals surface area contributed by atoms with Gasteiger partial charge in [-0.3, -0.25) is 4.79 Å². The maximum absolute atomic E-state index is 11.7. The second kappa shape index (κ2) is 5.72. The largest absolute Gasteiger partial charge is 0.326 e. The van der Waals surface area contributed by atoms with Gasteiger partial charge in [0.15, 0.2) is 0 Å². The van der Waals surface area contributed by atoms with Crippen LogP contribution in [-0.2, 0) is 4.79 Å². The second-order valence-electron chi connectivity index (χ2n) is 4.25. The first-order valence-corrected chi connectivity index (χ1v) is 6.99. The average molecular weight is 327 g/mol. The maximum atomic E-state index is 11.7. The quantitative estimate of drug-likeness (QED) is 0.831. The highest BCUT2D eigenvalue weighted by Crippen LogP contribution is 2.23. The van der Waals surface area contributed by atoms with Crippen molar-refractivity contribution in [2.75, 3.05) is 11.2 Å². The number of alkyl halides is 1. The molecule has 0 spiro atoms. The molecule has 0 saturated carbocycles. The Kier molecular flexibility index (Phi) is 4.25. The molecule has 1 N–H and O–H groups in total. The van der Waals surface area contributed by atoms with Gasteiger partial charge in [0, 0.05) is 22.0 Å². The average Bonchev–Trinajstić information content (AvgIpc) is 2.38. The standard InChI is InChI=1S/C14H13BrClNO/c1-9(8-16)14(18)17-13-5-3-10-6-12(15)4-2-11(10)7-13/h2-7,9H,8H2,1H3,(H,17,18). The lowest BCUT2D eigenvalue weighted by Gasteiger charge is -2.10. The molecule has 1 unspecified atom stereocenters. The number of nitrogens with one attached hydrogen (secondary N) is 1. The number of carbonyl (C=O) groups excluding carboxylic acids is 1. The third kappa shape index (κ3) is 3.03. The van der Waals surface area contributed by atoms with Crippen LogP contribution in [-0.4, -0.2) is 11.8 Å². The molecule has 0 aliphatic rings. The predicted octanol–water partition coefficient (Wildman–Crippen LogP) is 4.42. The fourth-order valence-corrected chi connectivity index (χ4v) is 2.15. The zero-order chi connectivity index (χ0) is 13.1. The molecule has 0 bridgehead atoms. The molecule has 4 heteroatoms. The van der Waals surface area contributed by atoms with Gasteiger partial charge in [0.05, 0.1) is 0 Å². The van der Waals surface area contributed by atoms with Crippen LogP contribution in [0.3, 0.4) is 0 Å². The molecular formula is C14H13BrClNO. The third-order valence-electron chi connectivity index (χ3n) is 2.75. The third-order valence-corrected chi connectivity index (χ3v) is 3.71. The summed E-state index contributed by atoms with van der Waals surface area (Å²) in [6, 6.07) is 11.9. The smallest absolute Gasteiger partial charge is 0.228 e. The summed E-state index contributed by atoms with van der Waals surface area (Å²) in [7, 11) is 0. The Balaban J connectivity index is 2.25. The monoisotopic (exact) mass is 325 g/mol. The summed E-state index contributed by atoms with van der Waals surface area (Å²) in [5, 5.41) is 5.09. The molecule has 0 heterocycles. The lowest BCUT2D eigenvalue weighted by molar-refractivity contribution is -0.118. The van der Waals surface area contributed by atoms with Crippen LogP contribution in [0.2, 0.25) is 0 Å². The Morgan fingerprint density at radius 2 is 1.94 bits per heavy atom. The highest BCUT2D eigenvalue weighted by atomic mass is 79.9. The minimum absolute atomic E-state index is 0.0542. The van der Waals surface area contributed by atoms with Gasteiger partial charge in [0.25, 0.3) is 0 Å². The van der Waals surface area contributed by atoms with Gasteiger partial charge >= 0.3 is 0 Å². The molecule has 2 aromatic rings. The first-order chi connectivity index (χ1) is 8.60. The number of fused-ring (bicyclic) bond motifs is 1. The Morgan fingerprint density at radius 3 is 2.67 bits per heavy atom. The summed E-state index contributed by atoms with van der Waals surface area (Å²) < 4.78 is 1.04. The van der Waals surface area contributed by atoms with Crippen molar-refractivity contribution in [1.82, 2.24) is 0 Å². The van der Waals surface area contributed by atoms with Gasteiger partial charge in [0.1, 0.15) is 0 Å². The summed E-state index contributed by atoms with van der Waals surface area (Å²) in [5.41, 5.74) is 0.798. The van der Waals surface area contributed by atoms with Crippen LogP contribution in [0.5, 0.6) is 0 Å². The van der Waals surface area contributed by atoms with Crippen LogP contribution in [0.1, 0.15) is 6.92 Å². The lowest BCUT2D eigenvalue weighted by Crippen LogP contribution is -2.21. The van der Waals surface area contributed by atoms with Crippen molar-refractivity contribution in [3.63, 3.8) is 0 Å². The topological polar surface area (TPSA) is 29.1 Å². The lowest BCUT2D eigenvalue weighted by atomic mass is 10.1. The van der Waals surface area contributed by atoms with Gasteiger partial charge in [0.2, 0.25) is 5.91 Å². The Morgan fingerprint density at radius 1 is 1.28 bits per heavy atom. The number of carbonyl (C=O) groups is 1. The van der Waals surface area contributed by atoms with E-state index in [4.69, 9.17) is 11.6 Å². The van der Waals surface area contributed by atoms with Crippen LogP contribution in [0.15, 0.2) is 40.9 Å². The van der Waals surface area contributed by atoms with Gasteiger partial charge < -0.3 is 5.32 Å². The molecule has 0 aromatic heterocycles. The second-order valence-corrected chi connectivity index (χ2v) is 5.48. The van der Waals surface area contributed by atoms with E-state index in [2.05, 4.69) is 21.2 Å². The number of benzene rings is 2. The van der Waals surface area contributed by atoms with Crippen molar-refractivity contribution in [3.8, 4) is 0 Å². The molecule has 18 heavy (non-hydrogen) atoms. The number of halogens is 2. The highest BCUT2D eigenvalue weighted by molar-refractivity contribution is 9.10. The number of anilines is 1. The number of hydrogen-bond donors (Lipinski definition) is 1. The Bertz CT molecular complexity index is 585. The van der Waals surface area contributed by atoms with E-state index >= 15 is 0 Å². The first kappa shape index (κ1) is 13.4. The fraction of sp³-hybridized carbons (Fsp3) is 0.214. The first-order valence-electron chi connectivity index (χ1n) is 5.66. The molecule has 0 aliphatic carbocycles. The number of rotatable bonds is 3. The molecule has 0 saturated heterocycles. The van der Waals surface area contributed by atoms with E-state index in [1.54, 1.807) is 6.92 Å². The maximum Gasteiger partial charge on any atom is 0.228 e. The number of amides is 1. The van der Waals surface area contributed by atoms with Crippen molar-refractivity contribution in [3.05, 3.63) is 40.9 Å². The molecule has 1 atom stereocenters. The van der Waals surface area contributed by atoms with E-state index in [-0.39, 0.29) is 11.8 Å². The van der Waals surface area contributed by atoms with E-state index in [1.807, 2.05) is 36.4 Å². The summed E-state index contributed by atoms with van der Waals surface area (Å²) >= 11 is 9.09. The van der Waals surface area contributed by atoms with Crippen molar-refractivity contribution in [2.45, 2.75) is 6.92 Å². The summed E-state index contributed by atoms with van der Waals surface area (Å²) in [4.78, 5) is 11.7. The highest BCUT2D eigenvalue weighted by Gasteiger charge is 2.11. The van der Waals surface area contributed by atoms with Crippen molar-refractivity contribution >= 4 is 49.9 Å². The summed E-state index contributed by atoms with van der Waals surface area (Å²) in [5.74, 6) is 0.0839. The number of hydrogen-bond acceptors (Lipinski definition) is 1. The molecule has 2 rings (SSSR count). The van der Waals surface area contributed by atoms with Gasteiger partial charge in [-0.1, -0.05) is 35.0 Å². The van der Waals surface area contributed by atoms with Crippen molar-refractivity contribution < 1.29 is 4.79 Å². The van der Waals surface area contributed by atoms with Crippen molar-refractivity contribution in [1.29, 1.82) is 0 Å². The van der Waals surface area contributed by atoms with E-state index in [1.165, 1.54) is 0 Å². The van der Waals surface area contributed by atoms with E-state index in [0.717, 1.165) is 20.9 Å². The molecule has 0 fully saturated rings.